The van der Waals surface area contributed by atoms with Crippen LogP contribution in [-0.2, 0) is 27.5 Å². The van der Waals surface area contributed by atoms with Gasteiger partial charge in [-0.1, -0.05) is 41.9 Å². The SMILES string of the molecule is CN(Cc1ccc(OCC(=O)O)c(-c2cccc(C(F)(F)F)c2)c1)S(=O)(=O)c1ccccc1Cl. The van der Waals surface area contributed by atoms with Crippen molar-refractivity contribution in [3.63, 3.8) is 0 Å². The van der Waals surface area contributed by atoms with Gasteiger partial charge in [-0.3, -0.25) is 0 Å². The molecule has 0 saturated heterocycles. The predicted molar refractivity (Wildman–Crippen MR) is 120 cm³/mol. The first-order chi connectivity index (χ1) is 15.9. The van der Waals surface area contributed by atoms with E-state index in [9.17, 15) is 26.4 Å². The topological polar surface area (TPSA) is 83.9 Å². The minimum Gasteiger partial charge on any atom is -0.481 e. The summed E-state index contributed by atoms with van der Waals surface area (Å²) in [5, 5.41) is 8.98. The highest BCUT2D eigenvalue weighted by atomic mass is 35.5. The van der Waals surface area contributed by atoms with E-state index in [0.29, 0.717) is 5.56 Å². The number of carbonyl (C=O) groups is 1. The zero-order valence-corrected chi connectivity index (χ0v) is 19.3. The second kappa shape index (κ2) is 10.0. The quantitative estimate of drug-likeness (QED) is 0.441. The van der Waals surface area contributed by atoms with Crippen LogP contribution in [-0.4, -0.2) is 37.5 Å². The number of hydrogen-bond donors (Lipinski definition) is 1. The Kier molecular flexibility index (Phi) is 7.54. The maximum atomic E-state index is 13.2. The standard InChI is InChI=1S/C23H19ClF3NO5S/c1-28(34(31,32)21-8-3-2-7-19(21)24)13-15-9-10-20(33-14-22(29)30)18(11-15)16-5-4-6-17(12-16)23(25,26)27/h2-12H,13-14H2,1H3,(H,29,30). The van der Waals surface area contributed by atoms with Crippen molar-refractivity contribution < 1.29 is 36.2 Å². The van der Waals surface area contributed by atoms with Crippen molar-refractivity contribution in [2.24, 2.45) is 0 Å². The normalized spacial score (nSPS) is 12.1. The van der Waals surface area contributed by atoms with Crippen molar-refractivity contribution in [1.29, 1.82) is 0 Å². The lowest BCUT2D eigenvalue weighted by Crippen LogP contribution is -2.26. The van der Waals surface area contributed by atoms with E-state index >= 15 is 0 Å². The van der Waals surface area contributed by atoms with Gasteiger partial charge in [-0.05, 0) is 47.5 Å². The van der Waals surface area contributed by atoms with Crippen LogP contribution in [0.4, 0.5) is 13.2 Å². The lowest BCUT2D eigenvalue weighted by Gasteiger charge is -2.19. The number of carboxylic acid groups (broad SMARTS) is 1. The number of aliphatic carboxylic acids is 1. The molecule has 34 heavy (non-hydrogen) atoms. The third-order valence-corrected chi connectivity index (χ3v) is 7.13. The monoisotopic (exact) mass is 513 g/mol. The molecule has 0 spiro atoms. The molecule has 0 unspecified atom stereocenters. The van der Waals surface area contributed by atoms with Gasteiger partial charge in [0.1, 0.15) is 10.6 Å². The minimum absolute atomic E-state index is 0.0436. The molecule has 1 N–H and O–H groups in total. The van der Waals surface area contributed by atoms with Gasteiger partial charge in [-0.25, -0.2) is 13.2 Å². The minimum atomic E-state index is -4.58. The molecule has 0 saturated carbocycles. The van der Waals surface area contributed by atoms with E-state index in [1.54, 1.807) is 6.07 Å². The Balaban J connectivity index is 2.00. The predicted octanol–water partition coefficient (Wildman–Crippen LogP) is 5.31. The van der Waals surface area contributed by atoms with Crippen LogP contribution in [0.25, 0.3) is 11.1 Å². The van der Waals surface area contributed by atoms with E-state index in [0.717, 1.165) is 16.4 Å². The van der Waals surface area contributed by atoms with Gasteiger partial charge in [0.25, 0.3) is 0 Å². The highest BCUT2D eigenvalue weighted by molar-refractivity contribution is 7.89. The molecule has 180 valence electrons. The molecule has 0 aliphatic heterocycles. The van der Waals surface area contributed by atoms with Crippen molar-refractivity contribution in [2.45, 2.75) is 17.6 Å². The van der Waals surface area contributed by atoms with Gasteiger partial charge in [0.15, 0.2) is 6.61 Å². The molecule has 0 aliphatic carbocycles. The summed E-state index contributed by atoms with van der Waals surface area (Å²) in [5.74, 6) is -1.22. The number of sulfonamides is 1. The molecule has 0 heterocycles. The maximum absolute atomic E-state index is 13.2. The van der Waals surface area contributed by atoms with Crippen LogP contribution in [0.5, 0.6) is 5.75 Å². The molecule has 3 aromatic carbocycles. The van der Waals surface area contributed by atoms with E-state index in [1.807, 2.05) is 0 Å². The highest BCUT2D eigenvalue weighted by Crippen LogP contribution is 2.36. The molecule has 3 rings (SSSR count). The molecular formula is C23H19ClF3NO5S. The van der Waals surface area contributed by atoms with E-state index in [4.69, 9.17) is 21.4 Å². The van der Waals surface area contributed by atoms with Gasteiger partial charge in [0.2, 0.25) is 10.0 Å². The van der Waals surface area contributed by atoms with Gasteiger partial charge < -0.3 is 9.84 Å². The Morgan fingerprint density at radius 3 is 2.41 bits per heavy atom. The Bertz CT molecular complexity index is 1310. The molecule has 11 heteroatoms. The smallest absolute Gasteiger partial charge is 0.416 e. The van der Waals surface area contributed by atoms with Gasteiger partial charge in [0, 0.05) is 19.2 Å². The fourth-order valence-corrected chi connectivity index (χ4v) is 4.84. The average Bonchev–Trinajstić information content (AvgIpc) is 2.77. The third-order valence-electron chi connectivity index (χ3n) is 4.83. The van der Waals surface area contributed by atoms with E-state index < -0.39 is 34.3 Å². The van der Waals surface area contributed by atoms with Crippen LogP contribution in [0.1, 0.15) is 11.1 Å². The number of hydrogen-bond acceptors (Lipinski definition) is 4. The van der Waals surface area contributed by atoms with Crippen molar-refractivity contribution in [3.05, 3.63) is 82.9 Å². The van der Waals surface area contributed by atoms with E-state index in [1.165, 1.54) is 55.6 Å². The molecule has 0 bridgehead atoms. The maximum Gasteiger partial charge on any atom is 0.416 e. The van der Waals surface area contributed by atoms with Crippen molar-refractivity contribution >= 4 is 27.6 Å². The number of alkyl halides is 3. The molecule has 3 aromatic rings. The number of ether oxygens (including phenoxy) is 1. The first-order valence-electron chi connectivity index (χ1n) is 9.75. The Labute approximate surface area is 199 Å². The fraction of sp³-hybridized carbons (Fsp3) is 0.174. The molecule has 0 fully saturated rings. The summed E-state index contributed by atoms with van der Waals surface area (Å²) in [6.45, 7) is -0.829. The van der Waals surface area contributed by atoms with Gasteiger partial charge in [-0.15, -0.1) is 0 Å². The van der Waals surface area contributed by atoms with Crippen LogP contribution in [0.2, 0.25) is 5.02 Å². The van der Waals surface area contributed by atoms with Crippen LogP contribution in [0.15, 0.2) is 71.6 Å². The number of nitrogens with zero attached hydrogens (tertiary/aromatic N) is 1. The lowest BCUT2D eigenvalue weighted by atomic mass is 9.99. The highest BCUT2D eigenvalue weighted by Gasteiger charge is 2.31. The van der Waals surface area contributed by atoms with E-state index in [2.05, 4.69) is 0 Å². The second-order valence-corrected chi connectivity index (χ2v) is 9.70. The number of benzene rings is 3. The molecule has 6 nitrogen and oxygen atoms in total. The van der Waals surface area contributed by atoms with Gasteiger partial charge in [0.05, 0.1) is 10.6 Å². The van der Waals surface area contributed by atoms with Crippen molar-refractivity contribution in [2.75, 3.05) is 13.7 Å². The number of carboxylic acids is 1. The van der Waals surface area contributed by atoms with Crippen molar-refractivity contribution in [1.82, 2.24) is 4.31 Å². The van der Waals surface area contributed by atoms with Crippen LogP contribution >= 0.6 is 11.6 Å². The Hall–Kier alpha value is -3.08. The molecule has 0 aromatic heterocycles. The summed E-state index contributed by atoms with van der Waals surface area (Å²) in [4.78, 5) is 10.8. The van der Waals surface area contributed by atoms with Crippen molar-refractivity contribution in [3.8, 4) is 16.9 Å². The first-order valence-corrected chi connectivity index (χ1v) is 11.6. The summed E-state index contributed by atoms with van der Waals surface area (Å²) >= 11 is 6.03. The summed E-state index contributed by atoms with van der Waals surface area (Å²) < 4.78 is 71.9. The molecule has 0 radical (unpaired) electrons. The summed E-state index contributed by atoms with van der Waals surface area (Å²) in [7, 11) is -2.61. The van der Waals surface area contributed by atoms with E-state index in [-0.39, 0.29) is 33.3 Å². The van der Waals surface area contributed by atoms with Crippen LogP contribution < -0.4 is 4.74 Å². The van der Waals surface area contributed by atoms with Gasteiger partial charge >= 0.3 is 12.1 Å². The summed E-state index contributed by atoms with van der Waals surface area (Å²) in [5.41, 5.74) is -0.131. The van der Waals surface area contributed by atoms with Crippen LogP contribution in [0, 0.1) is 0 Å². The molecular weight excluding hydrogens is 495 g/mol. The van der Waals surface area contributed by atoms with Crippen LogP contribution in [0.3, 0.4) is 0 Å². The Morgan fingerprint density at radius 2 is 1.76 bits per heavy atom. The Morgan fingerprint density at radius 1 is 1.06 bits per heavy atom. The first kappa shape index (κ1) is 25.5. The second-order valence-electron chi connectivity index (χ2n) is 7.28. The number of rotatable bonds is 8. The zero-order valence-electron chi connectivity index (χ0n) is 17.7. The zero-order chi connectivity index (χ0) is 25.1. The largest absolute Gasteiger partial charge is 0.481 e. The summed E-state index contributed by atoms with van der Waals surface area (Å²) in [6.07, 6.45) is -4.58. The fourth-order valence-electron chi connectivity index (χ4n) is 3.19. The third kappa shape index (κ3) is 5.88. The molecule has 0 amide bonds. The summed E-state index contributed by atoms with van der Waals surface area (Å²) in [6, 6.07) is 14.8. The lowest BCUT2D eigenvalue weighted by molar-refractivity contribution is -0.139. The average molecular weight is 514 g/mol. The molecule has 0 aliphatic rings. The molecule has 0 atom stereocenters. The van der Waals surface area contributed by atoms with Gasteiger partial charge in [-0.2, -0.15) is 17.5 Å². The number of halogens is 4.